The molecule has 2 N–H and O–H groups in total. The van der Waals surface area contributed by atoms with E-state index in [1.807, 2.05) is 30.3 Å². The van der Waals surface area contributed by atoms with Crippen LogP contribution in [0.2, 0.25) is 0 Å². The van der Waals surface area contributed by atoms with Crippen molar-refractivity contribution in [1.29, 1.82) is 0 Å². The summed E-state index contributed by atoms with van der Waals surface area (Å²) in [7, 11) is 0. The average molecular weight is 258 g/mol. The van der Waals surface area contributed by atoms with E-state index in [2.05, 4.69) is 16.1 Å². The van der Waals surface area contributed by atoms with Crippen LogP contribution < -0.4 is 5.32 Å². The average Bonchev–Trinajstić information content (AvgIpc) is 2.49. The van der Waals surface area contributed by atoms with Gasteiger partial charge in [0.25, 0.3) is 0 Å². The first-order valence-electron chi connectivity index (χ1n) is 6.93. The molecule has 0 bridgehead atoms. The normalized spacial score (nSPS) is 19.6. The van der Waals surface area contributed by atoms with Gasteiger partial charge in [-0.15, -0.1) is 6.42 Å². The minimum absolute atomic E-state index is 0.0288. The van der Waals surface area contributed by atoms with Crippen LogP contribution in [0.25, 0.3) is 0 Å². The van der Waals surface area contributed by atoms with Gasteiger partial charge in [0, 0.05) is 32.1 Å². The van der Waals surface area contributed by atoms with Gasteiger partial charge in [0.05, 0.1) is 0 Å². The molecular weight excluding hydrogens is 236 g/mol. The standard InChI is InChI=1S/C16H22N2O/c1-2-16(19)15(14-6-4-3-5-7-14)8-11-18-12-9-17-10-13-18/h1,3-7,15-17,19H,8-13H2. The molecule has 1 aromatic rings. The van der Waals surface area contributed by atoms with Crippen LogP contribution in [0.15, 0.2) is 30.3 Å². The van der Waals surface area contributed by atoms with Crippen LogP contribution in [0.4, 0.5) is 0 Å². The van der Waals surface area contributed by atoms with Gasteiger partial charge in [0.15, 0.2) is 0 Å². The molecule has 0 radical (unpaired) electrons. The largest absolute Gasteiger partial charge is 0.380 e. The number of terminal acetylenes is 1. The van der Waals surface area contributed by atoms with Gasteiger partial charge >= 0.3 is 0 Å². The fourth-order valence-electron chi connectivity index (χ4n) is 2.58. The molecule has 0 spiro atoms. The maximum Gasteiger partial charge on any atom is 0.121 e. The summed E-state index contributed by atoms with van der Waals surface area (Å²) in [5.74, 6) is 2.50. The zero-order chi connectivity index (χ0) is 13.5. The number of hydrogen-bond donors (Lipinski definition) is 2. The number of rotatable bonds is 5. The van der Waals surface area contributed by atoms with Gasteiger partial charge in [0.2, 0.25) is 0 Å². The summed E-state index contributed by atoms with van der Waals surface area (Å²) in [5.41, 5.74) is 1.13. The van der Waals surface area contributed by atoms with Crippen molar-refractivity contribution in [3.63, 3.8) is 0 Å². The molecule has 1 aromatic carbocycles. The molecule has 1 heterocycles. The lowest BCUT2D eigenvalue weighted by atomic mass is 9.90. The van der Waals surface area contributed by atoms with Crippen LogP contribution in [0.3, 0.4) is 0 Å². The molecule has 19 heavy (non-hydrogen) atoms. The molecule has 0 saturated carbocycles. The number of benzene rings is 1. The molecule has 1 aliphatic rings. The summed E-state index contributed by atoms with van der Waals surface area (Å²) in [6, 6.07) is 10.1. The molecule has 0 amide bonds. The topological polar surface area (TPSA) is 35.5 Å². The Morgan fingerprint density at radius 3 is 2.58 bits per heavy atom. The van der Waals surface area contributed by atoms with E-state index in [1.54, 1.807) is 0 Å². The quantitative estimate of drug-likeness (QED) is 0.775. The van der Waals surface area contributed by atoms with Gasteiger partial charge in [0.1, 0.15) is 6.10 Å². The maximum atomic E-state index is 10.0. The van der Waals surface area contributed by atoms with Crippen LogP contribution in [0, 0.1) is 12.3 Å². The van der Waals surface area contributed by atoms with Crippen molar-refractivity contribution < 1.29 is 5.11 Å². The molecule has 2 unspecified atom stereocenters. The summed E-state index contributed by atoms with van der Waals surface area (Å²) < 4.78 is 0. The van der Waals surface area contributed by atoms with Gasteiger partial charge in [-0.25, -0.2) is 0 Å². The Labute approximate surface area is 115 Å². The van der Waals surface area contributed by atoms with Crippen molar-refractivity contribution in [2.24, 2.45) is 0 Å². The van der Waals surface area contributed by atoms with Crippen molar-refractivity contribution in [1.82, 2.24) is 10.2 Å². The van der Waals surface area contributed by atoms with Gasteiger partial charge < -0.3 is 15.3 Å². The van der Waals surface area contributed by atoms with E-state index < -0.39 is 6.10 Å². The lowest BCUT2D eigenvalue weighted by molar-refractivity contribution is 0.172. The lowest BCUT2D eigenvalue weighted by Gasteiger charge is -2.29. The van der Waals surface area contributed by atoms with E-state index in [4.69, 9.17) is 6.42 Å². The number of nitrogens with one attached hydrogen (secondary N) is 1. The first-order chi connectivity index (χ1) is 9.31. The Morgan fingerprint density at radius 1 is 1.26 bits per heavy atom. The molecule has 3 heteroatoms. The Kier molecular flexibility index (Phi) is 5.41. The van der Waals surface area contributed by atoms with Gasteiger partial charge in [-0.3, -0.25) is 0 Å². The van der Waals surface area contributed by atoms with Gasteiger partial charge in [-0.1, -0.05) is 36.3 Å². The third-order valence-corrected chi connectivity index (χ3v) is 3.75. The minimum atomic E-state index is -0.703. The van der Waals surface area contributed by atoms with Crippen molar-refractivity contribution in [3.05, 3.63) is 35.9 Å². The Hall–Kier alpha value is -1.34. The highest BCUT2D eigenvalue weighted by atomic mass is 16.3. The second-order valence-corrected chi connectivity index (χ2v) is 5.01. The Bertz CT molecular complexity index is 407. The van der Waals surface area contributed by atoms with Crippen molar-refractivity contribution in [3.8, 4) is 12.3 Å². The molecule has 0 aromatic heterocycles. The first-order valence-corrected chi connectivity index (χ1v) is 6.93. The predicted molar refractivity (Wildman–Crippen MR) is 77.9 cm³/mol. The zero-order valence-electron chi connectivity index (χ0n) is 11.3. The Balaban J connectivity index is 1.96. The summed E-state index contributed by atoms with van der Waals surface area (Å²) >= 11 is 0. The van der Waals surface area contributed by atoms with Crippen LogP contribution in [0.5, 0.6) is 0 Å². The van der Waals surface area contributed by atoms with Crippen LogP contribution in [-0.2, 0) is 0 Å². The predicted octanol–water partition coefficient (Wildman–Crippen LogP) is 1.06. The number of aliphatic hydroxyl groups is 1. The number of nitrogens with zero attached hydrogens (tertiary/aromatic N) is 1. The maximum absolute atomic E-state index is 10.0. The third kappa shape index (κ3) is 4.07. The number of aliphatic hydroxyl groups excluding tert-OH is 1. The van der Waals surface area contributed by atoms with Crippen LogP contribution >= 0.6 is 0 Å². The van der Waals surface area contributed by atoms with Gasteiger partial charge in [-0.05, 0) is 18.5 Å². The molecule has 1 saturated heterocycles. The number of piperazine rings is 1. The van der Waals surface area contributed by atoms with Crippen molar-refractivity contribution >= 4 is 0 Å². The summed E-state index contributed by atoms with van der Waals surface area (Å²) in [4.78, 5) is 2.43. The van der Waals surface area contributed by atoms with Crippen LogP contribution in [0.1, 0.15) is 17.9 Å². The molecule has 2 rings (SSSR count). The van der Waals surface area contributed by atoms with Crippen molar-refractivity contribution in [2.45, 2.75) is 18.4 Å². The SMILES string of the molecule is C#CC(O)C(CCN1CCNCC1)c1ccccc1. The summed E-state index contributed by atoms with van der Waals surface area (Å²) in [5, 5.41) is 13.4. The molecule has 1 aliphatic heterocycles. The van der Waals surface area contributed by atoms with Crippen molar-refractivity contribution in [2.75, 3.05) is 32.7 Å². The fourth-order valence-corrected chi connectivity index (χ4v) is 2.58. The lowest BCUT2D eigenvalue weighted by Crippen LogP contribution is -2.44. The fraction of sp³-hybridized carbons (Fsp3) is 0.500. The Morgan fingerprint density at radius 2 is 1.95 bits per heavy atom. The van der Waals surface area contributed by atoms with E-state index in [-0.39, 0.29) is 5.92 Å². The third-order valence-electron chi connectivity index (χ3n) is 3.75. The van der Waals surface area contributed by atoms with E-state index in [0.717, 1.165) is 44.7 Å². The highest BCUT2D eigenvalue weighted by Gasteiger charge is 2.20. The van der Waals surface area contributed by atoms with Crippen LogP contribution in [-0.4, -0.2) is 48.8 Å². The molecular formula is C16H22N2O. The highest BCUT2D eigenvalue weighted by Crippen LogP contribution is 2.23. The van der Waals surface area contributed by atoms with Gasteiger partial charge in [-0.2, -0.15) is 0 Å². The summed E-state index contributed by atoms with van der Waals surface area (Å²) in [6.07, 6.45) is 5.59. The second-order valence-electron chi connectivity index (χ2n) is 5.01. The van der Waals surface area contributed by atoms with E-state index >= 15 is 0 Å². The summed E-state index contributed by atoms with van der Waals surface area (Å²) in [6.45, 7) is 5.24. The minimum Gasteiger partial charge on any atom is -0.380 e. The molecule has 3 nitrogen and oxygen atoms in total. The molecule has 1 fully saturated rings. The molecule has 102 valence electrons. The second kappa shape index (κ2) is 7.30. The van der Waals surface area contributed by atoms with E-state index in [0.29, 0.717) is 0 Å². The molecule has 2 atom stereocenters. The number of hydrogen-bond acceptors (Lipinski definition) is 3. The van der Waals surface area contributed by atoms with E-state index in [1.165, 1.54) is 0 Å². The zero-order valence-corrected chi connectivity index (χ0v) is 11.3. The smallest absolute Gasteiger partial charge is 0.121 e. The van der Waals surface area contributed by atoms with E-state index in [9.17, 15) is 5.11 Å². The monoisotopic (exact) mass is 258 g/mol. The highest BCUT2D eigenvalue weighted by molar-refractivity contribution is 5.23. The first kappa shape index (κ1) is 14.1. The molecule has 0 aliphatic carbocycles.